The molecule has 1 aliphatic heterocycles. The topological polar surface area (TPSA) is 93.4 Å². The molecule has 0 unspecified atom stereocenters. The molecule has 1 amide bonds. The Morgan fingerprint density at radius 1 is 1.10 bits per heavy atom. The van der Waals surface area contributed by atoms with Gasteiger partial charge in [0.1, 0.15) is 0 Å². The maximum absolute atomic E-state index is 12.5. The molecular weight excluding hydrogens is 402 g/mol. The second-order valence-corrected chi connectivity index (χ2v) is 10.2. The zero-order valence-electron chi connectivity index (χ0n) is 16.9. The van der Waals surface area contributed by atoms with Crippen LogP contribution in [0.5, 0.6) is 0 Å². The van der Waals surface area contributed by atoms with Crippen molar-refractivity contribution in [3.8, 4) is 11.4 Å². The van der Waals surface area contributed by atoms with Crippen LogP contribution in [0.15, 0.2) is 64.0 Å². The van der Waals surface area contributed by atoms with Crippen molar-refractivity contribution in [3.63, 3.8) is 0 Å². The number of likely N-dealkylation sites (tertiary alicyclic amines) is 1. The highest BCUT2D eigenvalue weighted by atomic mass is 32.2. The fourth-order valence-electron chi connectivity index (χ4n) is 3.30. The first-order chi connectivity index (χ1) is 14.3. The van der Waals surface area contributed by atoms with Crippen LogP contribution in [0.25, 0.3) is 11.4 Å². The lowest BCUT2D eigenvalue weighted by Gasteiger charge is -2.37. The van der Waals surface area contributed by atoms with Crippen LogP contribution in [-0.2, 0) is 21.1 Å². The Morgan fingerprint density at radius 3 is 2.40 bits per heavy atom. The normalized spacial score (nSPS) is 14.7. The molecule has 3 aromatic rings. The van der Waals surface area contributed by atoms with Crippen molar-refractivity contribution in [2.45, 2.75) is 36.3 Å². The molecule has 1 aromatic heterocycles. The maximum Gasteiger partial charge on any atom is 0.233 e. The second-order valence-electron chi connectivity index (χ2n) is 7.73. The Balaban J connectivity index is 1.33. The van der Waals surface area contributed by atoms with Gasteiger partial charge in [-0.25, -0.2) is 8.42 Å². The van der Waals surface area contributed by atoms with Crippen molar-refractivity contribution < 1.29 is 17.7 Å². The molecule has 30 heavy (non-hydrogen) atoms. The average Bonchev–Trinajstić information content (AvgIpc) is 3.17. The summed E-state index contributed by atoms with van der Waals surface area (Å²) in [4.78, 5) is 19.0. The molecule has 156 valence electrons. The minimum absolute atomic E-state index is 0.00600. The van der Waals surface area contributed by atoms with Gasteiger partial charge in [-0.1, -0.05) is 47.6 Å². The number of nitrogens with zero attached hydrogens (tertiary/aromatic N) is 3. The van der Waals surface area contributed by atoms with E-state index in [2.05, 4.69) is 10.1 Å². The summed E-state index contributed by atoms with van der Waals surface area (Å²) in [6.07, 6.45) is 0.230. The number of carbonyl (C=O) groups excluding carboxylic acids is 1. The van der Waals surface area contributed by atoms with E-state index in [1.165, 1.54) is 0 Å². The van der Waals surface area contributed by atoms with E-state index < -0.39 is 15.1 Å². The van der Waals surface area contributed by atoms with Gasteiger partial charge in [-0.2, -0.15) is 4.98 Å². The smallest absolute Gasteiger partial charge is 0.233 e. The lowest BCUT2D eigenvalue weighted by molar-refractivity contribution is -0.135. The highest BCUT2D eigenvalue weighted by Crippen LogP contribution is 2.28. The minimum atomic E-state index is -3.31. The predicted octanol–water partition coefficient (Wildman–Crippen LogP) is 3.09. The van der Waals surface area contributed by atoms with Gasteiger partial charge in [-0.15, -0.1) is 0 Å². The van der Waals surface area contributed by atoms with Crippen molar-refractivity contribution in [1.29, 1.82) is 0 Å². The maximum atomic E-state index is 12.5. The van der Waals surface area contributed by atoms with E-state index in [4.69, 9.17) is 4.52 Å². The van der Waals surface area contributed by atoms with E-state index in [-0.39, 0.29) is 23.1 Å². The number of sulfone groups is 1. The number of carbonyl (C=O) groups is 1. The molecule has 0 aliphatic carbocycles. The van der Waals surface area contributed by atoms with Crippen molar-refractivity contribution in [2.75, 3.05) is 13.1 Å². The molecule has 4 rings (SSSR count). The van der Waals surface area contributed by atoms with Crippen LogP contribution in [0, 0.1) is 0 Å². The number of amides is 1. The number of aromatic nitrogens is 2. The first kappa shape index (κ1) is 20.3. The molecule has 0 spiro atoms. The zero-order valence-corrected chi connectivity index (χ0v) is 17.7. The van der Waals surface area contributed by atoms with Gasteiger partial charge < -0.3 is 9.42 Å². The molecular formula is C22H23N3O4S. The molecule has 0 bridgehead atoms. The summed E-state index contributed by atoms with van der Waals surface area (Å²) in [7, 11) is -3.31. The van der Waals surface area contributed by atoms with E-state index in [0.29, 0.717) is 24.8 Å². The van der Waals surface area contributed by atoms with Crippen LogP contribution in [0.1, 0.15) is 31.2 Å². The van der Waals surface area contributed by atoms with E-state index in [1.807, 2.05) is 30.3 Å². The predicted molar refractivity (Wildman–Crippen MR) is 112 cm³/mol. The van der Waals surface area contributed by atoms with Crippen LogP contribution in [0.4, 0.5) is 0 Å². The minimum Gasteiger partial charge on any atom is -0.341 e. The van der Waals surface area contributed by atoms with E-state index in [0.717, 1.165) is 11.1 Å². The summed E-state index contributed by atoms with van der Waals surface area (Å²) in [5, 5.41) is 3.55. The lowest BCUT2D eigenvalue weighted by atomic mass is 9.99. The van der Waals surface area contributed by atoms with Crippen molar-refractivity contribution in [3.05, 3.63) is 66.1 Å². The molecule has 0 N–H and O–H groups in total. The van der Waals surface area contributed by atoms with Gasteiger partial charge in [0.25, 0.3) is 0 Å². The van der Waals surface area contributed by atoms with Crippen molar-refractivity contribution >= 4 is 15.7 Å². The molecule has 8 heteroatoms. The highest BCUT2D eigenvalue weighted by molar-refractivity contribution is 7.92. The third-order valence-electron chi connectivity index (χ3n) is 5.29. The van der Waals surface area contributed by atoms with Gasteiger partial charge in [0.05, 0.1) is 22.5 Å². The standard InChI is InChI=1S/C22H23N3O4S/c1-15(2)30(27,28)19-10-8-16(9-11-19)12-20(26)25-13-18(14-25)22-23-21(24-29-22)17-6-4-3-5-7-17/h3-11,15,18H,12-14H2,1-2H3. The van der Waals surface area contributed by atoms with E-state index in [1.54, 1.807) is 43.0 Å². The number of hydrogen-bond acceptors (Lipinski definition) is 6. The molecule has 1 aliphatic rings. The van der Waals surface area contributed by atoms with Gasteiger partial charge in [0.2, 0.25) is 17.6 Å². The molecule has 2 aromatic carbocycles. The summed E-state index contributed by atoms with van der Waals surface area (Å²) in [5.41, 5.74) is 1.68. The monoisotopic (exact) mass is 425 g/mol. The number of benzene rings is 2. The number of rotatable bonds is 6. The molecule has 0 atom stereocenters. The Bertz CT molecular complexity index is 1130. The quantitative estimate of drug-likeness (QED) is 0.602. The van der Waals surface area contributed by atoms with E-state index in [9.17, 15) is 13.2 Å². The second kappa shape index (κ2) is 8.02. The summed E-state index contributed by atoms with van der Waals surface area (Å²) in [5.74, 6) is 1.12. The summed E-state index contributed by atoms with van der Waals surface area (Å²) in [6, 6.07) is 16.1. The molecule has 2 heterocycles. The third-order valence-corrected chi connectivity index (χ3v) is 7.46. The van der Waals surface area contributed by atoms with E-state index >= 15 is 0 Å². The first-order valence-corrected chi connectivity index (χ1v) is 11.4. The highest BCUT2D eigenvalue weighted by Gasteiger charge is 2.35. The van der Waals surface area contributed by atoms with Gasteiger partial charge in [0.15, 0.2) is 9.84 Å². The van der Waals surface area contributed by atoms with Crippen LogP contribution in [-0.4, -0.2) is 47.7 Å². The molecule has 0 radical (unpaired) electrons. The average molecular weight is 426 g/mol. The SMILES string of the molecule is CC(C)S(=O)(=O)c1ccc(CC(=O)N2CC(c3nc(-c4ccccc4)no3)C2)cc1. The molecule has 1 saturated heterocycles. The van der Waals surface area contributed by atoms with Crippen LogP contribution < -0.4 is 0 Å². The fraction of sp³-hybridized carbons (Fsp3) is 0.318. The summed E-state index contributed by atoms with van der Waals surface area (Å²) >= 11 is 0. The Kier molecular flexibility index (Phi) is 5.42. The van der Waals surface area contributed by atoms with Gasteiger partial charge in [0, 0.05) is 18.7 Å². The Labute approximate surface area is 175 Å². The Hall–Kier alpha value is -3.00. The van der Waals surface area contributed by atoms with Gasteiger partial charge >= 0.3 is 0 Å². The fourth-order valence-corrected chi connectivity index (χ4v) is 4.36. The summed E-state index contributed by atoms with van der Waals surface area (Å²) < 4.78 is 29.8. The third kappa shape index (κ3) is 4.00. The number of hydrogen-bond donors (Lipinski definition) is 0. The molecule has 0 saturated carbocycles. The van der Waals surface area contributed by atoms with Gasteiger partial charge in [-0.3, -0.25) is 4.79 Å². The zero-order chi connectivity index (χ0) is 21.3. The van der Waals surface area contributed by atoms with Gasteiger partial charge in [-0.05, 0) is 31.5 Å². The van der Waals surface area contributed by atoms with Crippen LogP contribution in [0.2, 0.25) is 0 Å². The first-order valence-electron chi connectivity index (χ1n) is 9.84. The molecule has 7 nitrogen and oxygen atoms in total. The Morgan fingerprint density at radius 2 is 1.77 bits per heavy atom. The molecule has 1 fully saturated rings. The van der Waals surface area contributed by atoms with Crippen LogP contribution >= 0.6 is 0 Å². The largest absolute Gasteiger partial charge is 0.341 e. The summed E-state index contributed by atoms with van der Waals surface area (Å²) in [6.45, 7) is 4.38. The lowest BCUT2D eigenvalue weighted by Crippen LogP contribution is -2.49. The van der Waals surface area contributed by atoms with Crippen molar-refractivity contribution in [2.24, 2.45) is 0 Å². The van der Waals surface area contributed by atoms with Crippen LogP contribution in [0.3, 0.4) is 0 Å². The van der Waals surface area contributed by atoms with Crippen molar-refractivity contribution in [1.82, 2.24) is 15.0 Å².